The lowest BCUT2D eigenvalue weighted by Crippen LogP contribution is -2.54. The van der Waals surface area contributed by atoms with Crippen LogP contribution in [0.5, 0.6) is 5.75 Å². The molecule has 3 aliphatic heterocycles. The van der Waals surface area contributed by atoms with E-state index in [1.165, 1.54) is 43.0 Å². The first-order chi connectivity index (χ1) is 27.0. The number of imide groups is 1. The van der Waals surface area contributed by atoms with E-state index in [9.17, 15) is 37.6 Å². The Morgan fingerprint density at radius 3 is 2.47 bits per heavy atom. The predicted molar refractivity (Wildman–Crippen MR) is 207 cm³/mol. The third-order valence-corrected chi connectivity index (χ3v) is 10.5. The van der Waals surface area contributed by atoms with Crippen LogP contribution < -0.4 is 30.5 Å². The lowest BCUT2D eigenvalue weighted by atomic mass is 10.0. The number of hydrogen-bond acceptors (Lipinski definition) is 10. The van der Waals surface area contributed by atoms with Gasteiger partial charge in [0.15, 0.2) is 16.7 Å². The van der Waals surface area contributed by atoms with Gasteiger partial charge in [0.2, 0.25) is 17.7 Å². The lowest BCUT2D eigenvalue weighted by molar-refractivity contribution is -0.138. The van der Waals surface area contributed by atoms with Gasteiger partial charge in [-0.3, -0.25) is 39.2 Å². The Hall–Kier alpha value is -5.64. The Morgan fingerprint density at radius 2 is 1.79 bits per heavy atom. The second-order valence-corrected chi connectivity index (χ2v) is 14.9. The molecule has 0 radical (unpaired) electrons. The molecule has 0 bridgehead atoms. The molecular formula is C39H40F4N8O5S. The van der Waals surface area contributed by atoms with Crippen molar-refractivity contribution in [3.8, 4) is 11.8 Å². The molecule has 57 heavy (non-hydrogen) atoms. The van der Waals surface area contributed by atoms with Gasteiger partial charge >= 0.3 is 6.18 Å². The zero-order chi connectivity index (χ0) is 41.2. The van der Waals surface area contributed by atoms with Crippen LogP contribution in [0.15, 0.2) is 60.7 Å². The zero-order valence-electron chi connectivity index (χ0n) is 31.3. The third kappa shape index (κ3) is 9.01. The summed E-state index contributed by atoms with van der Waals surface area (Å²) in [6, 6.07) is 15.0. The maximum Gasteiger partial charge on any atom is 0.417 e. The van der Waals surface area contributed by atoms with Gasteiger partial charge in [-0.05, 0) is 87.9 Å². The average Bonchev–Trinajstić information content (AvgIpc) is 3.32. The van der Waals surface area contributed by atoms with Crippen LogP contribution in [0.1, 0.15) is 44.7 Å². The number of halogens is 4. The van der Waals surface area contributed by atoms with Crippen LogP contribution in [-0.4, -0.2) is 95.5 Å². The highest BCUT2D eigenvalue weighted by Crippen LogP contribution is 2.40. The monoisotopic (exact) mass is 808 g/mol. The summed E-state index contributed by atoms with van der Waals surface area (Å²) in [5, 5.41) is 17.3. The maximum atomic E-state index is 15.4. The topological polar surface area (TPSA) is 150 Å². The molecule has 0 aromatic heterocycles. The first-order valence-corrected chi connectivity index (χ1v) is 18.6. The Labute approximate surface area is 331 Å². The second-order valence-electron chi connectivity index (χ2n) is 14.5. The second kappa shape index (κ2) is 16.5. The van der Waals surface area contributed by atoms with Crippen LogP contribution in [0.4, 0.5) is 40.3 Å². The molecule has 3 heterocycles. The highest BCUT2D eigenvalue weighted by atomic mass is 32.1. The molecule has 3 aromatic rings. The summed E-state index contributed by atoms with van der Waals surface area (Å²) in [4.78, 5) is 56.6. The number of alkyl halides is 3. The first-order valence-electron chi connectivity index (χ1n) is 18.1. The molecule has 3 aliphatic rings. The van der Waals surface area contributed by atoms with E-state index >= 15 is 4.39 Å². The molecule has 300 valence electrons. The van der Waals surface area contributed by atoms with Gasteiger partial charge in [-0.25, -0.2) is 4.39 Å². The fourth-order valence-corrected chi connectivity index (χ4v) is 7.62. The smallest absolute Gasteiger partial charge is 0.417 e. The number of carbonyl (C=O) groups is 4. The molecule has 6 rings (SSSR count). The van der Waals surface area contributed by atoms with E-state index in [-0.39, 0.29) is 65.6 Å². The normalized spacial score (nSPS) is 20.3. The highest BCUT2D eigenvalue weighted by molar-refractivity contribution is 7.81. The largest absolute Gasteiger partial charge is 0.489 e. The number of anilines is 4. The van der Waals surface area contributed by atoms with Crippen molar-refractivity contribution in [2.24, 2.45) is 0 Å². The molecule has 3 fully saturated rings. The average molecular weight is 809 g/mol. The number of nitriles is 1. The van der Waals surface area contributed by atoms with Crippen molar-refractivity contribution in [1.29, 1.82) is 5.26 Å². The molecule has 3 N–H and O–H groups in total. The summed E-state index contributed by atoms with van der Waals surface area (Å²) in [5.74, 6) is -2.28. The molecule has 4 amide bonds. The van der Waals surface area contributed by atoms with E-state index in [4.69, 9.17) is 17.0 Å². The molecule has 2 atom stereocenters. The minimum Gasteiger partial charge on any atom is -0.489 e. The summed E-state index contributed by atoms with van der Waals surface area (Å²) in [6.07, 6.45) is -4.22. The van der Waals surface area contributed by atoms with Crippen LogP contribution in [0.3, 0.4) is 0 Å². The standard InChI is InChI=1S/C39H40F4N8O5S/c1-23-21-48(13-14-49(23)22-34(53)46-26-6-4-5-25(17-26)45-31-10-12-33(52)47-35(31)54)15-16-56-32-11-9-28(19-30(32)40)51-37(57)50(36(55)38(51,2)3)27-8-7-24(20-44)29(18-27)39(41,42)43/h4-9,11,17-19,23,31,45H,10,12-16,21-22H2,1-3H3,(H,46,53)(H,47,52,54)/t23-,31?/m1/s1. The Kier molecular flexibility index (Phi) is 11.8. The number of benzene rings is 3. The van der Waals surface area contributed by atoms with E-state index in [1.54, 1.807) is 24.3 Å². The SMILES string of the molecule is C[C@@H]1CN(CCOc2ccc(N3C(=S)N(c4ccc(C#N)c(C(F)(F)F)c4)C(=O)C3(C)C)cc2F)CCN1CC(=O)Nc1cccc(NC2CCC(=O)NC2=O)c1. The minimum atomic E-state index is -4.84. The van der Waals surface area contributed by atoms with E-state index in [0.29, 0.717) is 50.0 Å². The summed E-state index contributed by atoms with van der Waals surface area (Å²) in [5.41, 5.74) is -1.97. The van der Waals surface area contributed by atoms with E-state index in [2.05, 4.69) is 25.8 Å². The summed E-state index contributed by atoms with van der Waals surface area (Å²) in [7, 11) is 0. The molecule has 1 unspecified atom stereocenters. The Morgan fingerprint density at radius 1 is 1.05 bits per heavy atom. The number of nitrogens with zero attached hydrogens (tertiary/aromatic N) is 5. The van der Waals surface area contributed by atoms with Gasteiger partial charge in [0.25, 0.3) is 5.91 Å². The van der Waals surface area contributed by atoms with E-state index in [1.807, 2.05) is 6.92 Å². The van der Waals surface area contributed by atoms with Crippen molar-refractivity contribution in [2.75, 3.05) is 59.8 Å². The van der Waals surface area contributed by atoms with Crippen molar-refractivity contribution < 1.29 is 41.5 Å². The maximum absolute atomic E-state index is 15.4. The van der Waals surface area contributed by atoms with Gasteiger partial charge in [0.1, 0.15) is 18.2 Å². The Balaban J connectivity index is 0.994. The third-order valence-electron chi connectivity index (χ3n) is 10.1. The number of thiocarbonyl (C=S) groups is 1. The number of carbonyl (C=O) groups excluding carboxylic acids is 4. The van der Waals surface area contributed by atoms with Crippen LogP contribution >= 0.6 is 12.2 Å². The predicted octanol–water partition coefficient (Wildman–Crippen LogP) is 4.87. The number of amides is 4. The van der Waals surface area contributed by atoms with Gasteiger partial charge in [-0.1, -0.05) is 6.07 Å². The van der Waals surface area contributed by atoms with Gasteiger partial charge < -0.3 is 20.3 Å². The van der Waals surface area contributed by atoms with E-state index < -0.39 is 40.6 Å². The van der Waals surface area contributed by atoms with E-state index in [0.717, 1.165) is 17.0 Å². The molecule has 0 spiro atoms. The molecule has 0 saturated carbocycles. The van der Waals surface area contributed by atoms with Gasteiger partial charge in [-0.15, -0.1) is 0 Å². The number of piperidine rings is 1. The number of hydrogen-bond donors (Lipinski definition) is 3. The summed E-state index contributed by atoms with van der Waals surface area (Å²) >= 11 is 5.55. The fourth-order valence-electron chi connectivity index (χ4n) is 7.10. The number of nitrogens with one attached hydrogen (secondary N) is 3. The van der Waals surface area contributed by atoms with Crippen molar-refractivity contribution in [2.45, 2.75) is 57.4 Å². The number of ether oxygens (including phenoxy) is 1. The van der Waals surface area contributed by atoms with Crippen LogP contribution in [0, 0.1) is 17.1 Å². The molecule has 13 nitrogen and oxygen atoms in total. The van der Waals surface area contributed by atoms with Crippen molar-refractivity contribution in [3.63, 3.8) is 0 Å². The molecule has 18 heteroatoms. The van der Waals surface area contributed by atoms with Gasteiger partial charge in [0, 0.05) is 61.8 Å². The van der Waals surface area contributed by atoms with Gasteiger partial charge in [0.05, 0.1) is 29.4 Å². The molecule has 3 aromatic carbocycles. The van der Waals surface area contributed by atoms with Crippen molar-refractivity contribution >= 4 is 63.7 Å². The van der Waals surface area contributed by atoms with Crippen LogP contribution in [0.2, 0.25) is 0 Å². The summed E-state index contributed by atoms with van der Waals surface area (Å²) < 4.78 is 62.3. The summed E-state index contributed by atoms with van der Waals surface area (Å²) in [6.45, 7) is 7.75. The number of rotatable bonds is 11. The molecule has 0 aliphatic carbocycles. The Bertz CT molecular complexity index is 2140. The van der Waals surface area contributed by atoms with Crippen LogP contribution in [-0.2, 0) is 25.4 Å². The first kappa shape index (κ1) is 41.0. The highest BCUT2D eigenvalue weighted by Gasteiger charge is 2.51. The molecule has 3 saturated heterocycles. The number of piperazine rings is 1. The van der Waals surface area contributed by atoms with Crippen molar-refractivity contribution in [3.05, 3.63) is 77.6 Å². The zero-order valence-corrected chi connectivity index (χ0v) is 32.1. The minimum absolute atomic E-state index is 0.0281. The molecular weight excluding hydrogens is 769 g/mol. The van der Waals surface area contributed by atoms with Crippen LogP contribution in [0.25, 0.3) is 0 Å². The van der Waals surface area contributed by atoms with Gasteiger partial charge in [-0.2, -0.15) is 18.4 Å². The quantitative estimate of drug-likeness (QED) is 0.138. The fraction of sp³-hybridized carbons (Fsp3) is 0.385. The lowest BCUT2D eigenvalue weighted by Gasteiger charge is -2.39. The van der Waals surface area contributed by atoms with Crippen molar-refractivity contribution in [1.82, 2.24) is 15.1 Å².